The smallest absolute Gasteiger partial charge is 0.261 e. The Morgan fingerprint density at radius 1 is 0.520 bits per heavy atom. The molecule has 6 aromatic carbocycles. The molecule has 0 bridgehead atoms. The van der Waals surface area contributed by atoms with Gasteiger partial charge in [0.1, 0.15) is 63.0 Å². The lowest BCUT2D eigenvalue weighted by atomic mass is 9.83. The monoisotopic (exact) mass is 1800 g/mol. The van der Waals surface area contributed by atoms with Gasteiger partial charge in [-0.05, 0) is 153 Å². The summed E-state index contributed by atoms with van der Waals surface area (Å²) in [7, 11) is 4.42. The van der Waals surface area contributed by atoms with Crippen molar-refractivity contribution >= 4 is 69.9 Å². The van der Waals surface area contributed by atoms with Crippen LogP contribution in [0.1, 0.15) is 170 Å². The molecule has 11 heterocycles. The van der Waals surface area contributed by atoms with E-state index in [4.69, 9.17) is 92.1 Å². The van der Waals surface area contributed by atoms with Gasteiger partial charge in [0.05, 0.1) is 92.6 Å². The lowest BCUT2D eigenvalue weighted by molar-refractivity contribution is -0.125. The Hall–Kier alpha value is -11.9. The SMILES string of the molecule is COc1cc(C(=O)CCC(O)(Cn2cccn2)c2cc3c(c(-c4ccc(F)c(Cl)c4)n2)OCC3(C)C)ccc1OC1CCNC1=O.COc1cc(C(=O)CCC(O)c2cc3c(c(-c4ccc(F)c(Cl)c4)n2)OCC3(C)C)ccc1OC1CCNC1=O.COc1cc(C(=O)CCC2(c3cc4c(c(-c5ccc(F)c(Cl)c5)n3)OCC4(C)C)CO2)ccc1OC1CCNC1=O. The minimum atomic E-state index is -1.64. The standard InChI is InChI=1S/C34H34ClFN4O6.C31H30ClFN2O6.C30H30ClFN2O6/c1-33(2)19-45-31-22(33)17-29(39-30(31)21-5-7-24(36)23(35)15-21)34(43,18-40-14-4-12-38-40)11-9-25(41)20-6-8-26(28(16-20)44-3)46-27-10-13-37-32(27)42;1-30(2)15-39-28-19(30)14-26(35-27(28)18-4-6-21(33)20(32)12-18)31(16-40-31)10-8-22(36)17-5-7-23(25(13-17)38-3)41-24-9-11-34-29(24)37;1-30(2)15-39-28-18(30)14-21(34-27(28)17-4-6-20(32)19(31)12-17)23(36)8-7-22(35)16-5-9-24(26(13-16)38-3)40-25-10-11-33-29(25)37/h4-8,12,14-17,27,43H,9-11,13,18-19H2,1-3H3,(H,37,42);4-7,12-14,24H,8-11,15-16H2,1-3H3,(H,34,37);4-6,9,12-14,23,25,36H,7-8,10-11,15H2,1-3H3,(H,33,37). The van der Waals surface area contributed by atoms with Gasteiger partial charge >= 0.3 is 0 Å². The van der Waals surface area contributed by atoms with Gasteiger partial charge in [-0.15, -0.1) is 0 Å². The van der Waals surface area contributed by atoms with Crippen molar-refractivity contribution < 1.29 is 99.5 Å². The van der Waals surface area contributed by atoms with Crippen LogP contribution in [-0.2, 0) is 53.1 Å². The van der Waals surface area contributed by atoms with Crippen LogP contribution in [0.5, 0.6) is 51.7 Å². The largest absolute Gasteiger partial charge is 0.493 e. The highest BCUT2D eigenvalue weighted by atomic mass is 35.5. The molecule has 4 aromatic heterocycles. The zero-order chi connectivity index (χ0) is 90.2. The average Bonchev–Trinajstić information content (AvgIpc) is 1.60. The third-order valence-corrected chi connectivity index (χ3v) is 24.5. The number of aromatic nitrogens is 5. The van der Waals surface area contributed by atoms with Crippen molar-refractivity contribution in [3.8, 4) is 85.5 Å². The number of hydrogen-bond donors (Lipinski definition) is 5. The van der Waals surface area contributed by atoms with Crippen LogP contribution >= 0.6 is 34.8 Å². The summed E-state index contributed by atoms with van der Waals surface area (Å²) >= 11 is 18.3. The quantitative estimate of drug-likeness (QED) is 0.0215. The highest BCUT2D eigenvalue weighted by molar-refractivity contribution is 6.31. The number of ether oxygens (including phenoxy) is 10. The van der Waals surface area contributed by atoms with Crippen LogP contribution in [0.25, 0.3) is 33.8 Å². The fourth-order valence-electron chi connectivity index (χ4n) is 16.0. The molecule has 5 N–H and O–H groups in total. The fourth-order valence-corrected chi connectivity index (χ4v) is 16.5. The van der Waals surface area contributed by atoms with Crippen molar-refractivity contribution in [2.24, 2.45) is 0 Å². The normalized spacial score (nSPS) is 19.3. The number of aliphatic hydroxyl groups is 2. The third kappa shape index (κ3) is 19.4. The van der Waals surface area contributed by atoms with Crippen LogP contribution in [0.15, 0.2) is 146 Å². The van der Waals surface area contributed by atoms with E-state index in [0.29, 0.717) is 191 Å². The van der Waals surface area contributed by atoms with Crippen molar-refractivity contribution in [3.63, 3.8) is 0 Å². The van der Waals surface area contributed by atoms with Gasteiger partial charge in [-0.25, -0.2) is 28.1 Å². The summed E-state index contributed by atoms with van der Waals surface area (Å²) in [5, 5.41) is 35.8. The van der Waals surface area contributed by atoms with Gasteiger partial charge in [-0.3, -0.25) is 33.4 Å². The van der Waals surface area contributed by atoms with Crippen LogP contribution < -0.4 is 58.6 Å². The minimum absolute atomic E-state index is 0.00190. The molecule has 4 fully saturated rings. The lowest BCUT2D eigenvalue weighted by Gasteiger charge is -2.29. The van der Waals surface area contributed by atoms with E-state index < -0.39 is 58.5 Å². The summed E-state index contributed by atoms with van der Waals surface area (Å²) in [6, 6.07) is 35.0. The Balaban J connectivity index is 0.000000147. The van der Waals surface area contributed by atoms with Crippen LogP contribution in [0.4, 0.5) is 13.2 Å². The van der Waals surface area contributed by atoms with Gasteiger partial charge in [-0.1, -0.05) is 76.3 Å². The Labute approximate surface area is 745 Å². The van der Waals surface area contributed by atoms with Crippen LogP contribution in [-0.4, -0.2) is 156 Å². The number of amides is 3. The first-order valence-electron chi connectivity index (χ1n) is 41.6. The molecule has 6 atom stereocenters. The van der Waals surface area contributed by atoms with E-state index in [9.17, 15) is 52.2 Å². The highest BCUT2D eigenvalue weighted by Crippen LogP contribution is 2.52. The molecule has 0 aliphatic carbocycles. The Morgan fingerprint density at radius 3 is 1.31 bits per heavy atom. The van der Waals surface area contributed by atoms with Gasteiger partial charge in [0.2, 0.25) is 0 Å². The number of halogens is 6. The van der Waals surface area contributed by atoms with Gasteiger partial charge in [0.25, 0.3) is 17.7 Å². The summed E-state index contributed by atoms with van der Waals surface area (Å²) in [6.07, 6.45) is 2.92. The summed E-state index contributed by atoms with van der Waals surface area (Å²) in [4.78, 5) is 90.1. The number of Topliss-reactive ketones (excluding diaryl/α,β-unsaturated/α-hetero) is 3. The number of rotatable bonds is 29. The molecule has 7 aliphatic rings. The number of benzene rings is 6. The molecule has 0 radical (unpaired) electrons. The molecule has 10 aromatic rings. The number of fused-ring (bicyclic) bond motifs is 3. The molecule has 4 saturated heterocycles. The molecule has 0 saturated carbocycles. The van der Waals surface area contributed by atoms with Crippen molar-refractivity contribution in [1.29, 1.82) is 0 Å². The number of nitrogens with one attached hydrogen (secondary N) is 3. The first-order valence-corrected chi connectivity index (χ1v) is 42.7. The van der Waals surface area contributed by atoms with Gasteiger partial charge in [-0.2, -0.15) is 5.10 Å². The number of nitrogens with zero attached hydrogens (tertiary/aromatic N) is 5. The number of epoxide rings is 1. The Kier molecular flexibility index (Phi) is 26.1. The number of ketones is 3. The van der Waals surface area contributed by atoms with Crippen molar-refractivity contribution in [3.05, 3.63) is 229 Å². The summed E-state index contributed by atoms with van der Waals surface area (Å²) < 4.78 is 101. The molecule has 0 spiro atoms. The highest BCUT2D eigenvalue weighted by Gasteiger charge is 2.50. The topological polar surface area (TPSA) is 331 Å². The lowest BCUT2D eigenvalue weighted by Crippen LogP contribution is -2.34. The number of pyridine rings is 3. The molecule has 32 heteroatoms. The number of carbonyl (C=O) groups excluding carboxylic acids is 6. The Bertz CT molecular complexity index is 5950. The van der Waals surface area contributed by atoms with Gasteiger partial charge in [0.15, 0.2) is 70.2 Å². The van der Waals surface area contributed by atoms with E-state index in [2.05, 4.69) is 39.9 Å². The van der Waals surface area contributed by atoms with Crippen LogP contribution in [0.3, 0.4) is 0 Å². The summed E-state index contributed by atoms with van der Waals surface area (Å²) in [5.41, 5.74) is 5.13. The molecule has 127 heavy (non-hydrogen) atoms. The predicted octanol–water partition coefficient (Wildman–Crippen LogP) is 15.8. The molecule has 6 unspecified atom stereocenters. The molecular weight excluding hydrogens is 1700 g/mol. The average molecular weight is 1800 g/mol. The fraction of sp³-hybridized carbons (Fsp3) is 0.368. The molecule has 7 aliphatic heterocycles. The molecule has 664 valence electrons. The van der Waals surface area contributed by atoms with Crippen LogP contribution in [0.2, 0.25) is 15.1 Å². The zero-order valence-corrected chi connectivity index (χ0v) is 73.4. The number of hydrogen-bond acceptors (Lipinski definition) is 22. The molecule has 26 nitrogen and oxygen atoms in total. The molecule has 3 amide bonds. The van der Waals surface area contributed by atoms with Crippen molar-refractivity contribution in [2.75, 3.05) is 67.4 Å². The van der Waals surface area contributed by atoms with Gasteiger partial charge in [0, 0.05) is 137 Å². The maximum Gasteiger partial charge on any atom is 0.261 e. The third-order valence-electron chi connectivity index (χ3n) is 23.6. The number of carbonyl (C=O) groups is 6. The summed E-state index contributed by atoms with van der Waals surface area (Å²) in [5.74, 6) is 1.29. The number of methoxy groups -OCH3 is 3. The van der Waals surface area contributed by atoms with E-state index in [1.165, 1.54) is 51.7 Å². The molecular formula is C95H94Cl3F3N8O18. The minimum Gasteiger partial charge on any atom is -0.493 e. The maximum atomic E-state index is 14.1. The van der Waals surface area contributed by atoms with E-state index in [0.717, 1.165) is 16.7 Å². The van der Waals surface area contributed by atoms with Crippen LogP contribution in [0, 0.1) is 17.5 Å². The number of aliphatic hydroxyl groups excluding tert-OH is 1. The first-order chi connectivity index (χ1) is 60.6. The van der Waals surface area contributed by atoms with Gasteiger partial charge < -0.3 is 73.5 Å². The molecule has 17 rings (SSSR count). The van der Waals surface area contributed by atoms with E-state index in [1.807, 2.05) is 39.8 Å². The zero-order valence-electron chi connectivity index (χ0n) is 71.1. The van der Waals surface area contributed by atoms with E-state index >= 15 is 0 Å². The second-order valence-electron chi connectivity index (χ2n) is 34.1. The van der Waals surface area contributed by atoms with E-state index in [1.54, 1.807) is 108 Å². The predicted molar refractivity (Wildman–Crippen MR) is 464 cm³/mol. The second kappa shape index (κ2) is 36.8. The first kappa shape index (κ1) is 89.9. The maximum absolute atomic E-state index is 14.1. The summed E-state index contributed by atoms with van der Waals surface area (Å²) in [6.45, 7) is 15.7. The van der Waals surface area contributed by atoms with Crippen molar-refractivity contribution in [2.45, 2.75) is 158 Å². The second-order valence-corrected chi connectivity index (χ2v) is 35.4. The van der Waals surface area contributed by atoms with E-state index in [-0.39, 0.29) is 99.6 Å². The van der Waals surface area contributed by atoms with Crippen molar-refractivity contribution in [1.82, 2.24) is 40.7 Å². The Morgan fingerprint density at radius 2 is 0.921 bits per heavy atom.